The molecule has 2 amide bonds. The fourth-order valence-electron chi connectivity index (χ4n) is 3.20. The van der Waals surface area contributed by atoms with E-state index in [4.69, 9.17) is 11.6 Å². The van der Waals surface area contributed by atoms with Crippen LogP contribution in [0.2, 0.25) is 5.02 Å². The van der Waals surface area contributed by atoms with Gasteiger partial charge in [-0.05, 0) is 68.0 Å². The zero-order valence-electron chi connectivity index (χ0n) is 17.2. The first-order valence-electron chi connectivity index (χ1n) is 10.1. The lowest BCUT2D eigenvalue weighted by molar-refractivity contribution is -0.112. The predicted molar refractivity (Wildman–Crippen MR) is 125 cm³/mol. The molecule has 0 saturated heterocycles. The standard InChI is InChI=1S/C23H26ClN3O2S/c1-3-27(4-2)12-6-11-25-22(28)17-9-10-20-19(15-17)26-23(29)21(30-20)14-16-7-5-8-18(24)13-16/h5,7-10,13-15H,3-4,6,11-12H2,1-2H3,(H,25,28)(H,26,29)/b21-14+. The Labute approximate surface area is 186 Å². The van der Waals surface area contributed by atoms with Gasteiger partial charge in [-0.25, -0.2) is 0 Å². The minimum atomic E-state index is -0.191. The van der Waals surface area contributed by atoms with Gasteiger partial charge in [0.2, 0.25) is 0 Å². The third-order valence-corrected chi connectivity index (χ3v) is 6.25. The summed E-state index contributed by atoms with van der Waals surface area (Å²) in [5, 5.41) is 6.47. The van der Waals surface area contributed by atoms with Crippen LogP contribution in [0.15, 0.2) is 52.3 Å². The molecule has 0 aromatic heterocycles. The summed E-state index contributed by atoms with van der Waals surface area (Å²) < 4.78 is 0. The SMILES string of the molecule is CCN(CC)CCCNC(=O)c1ccc2c(c1)NC(=O)/C(=C\c1cccc(Cl)c1)S2. The van der Waals surface area contributed by atoms with Gasteiger partial charge in [-0.1, -0.05) is 49.3 Å². The van der Waals surface area contributed by atoms with Crippen molar-refractivity contribution < 1.29 is 9.59 Å². The van der Waals surface area contributed by atoms with Crippen molar-refractivity contribution in [2.24, 2.45) is 0 Å². The lowest BCUT2D eigenvalue weighted by Gasteiger charge is -2.20. The number of anilines is 1. The summed E-state index contributed by atoms with van der Waals surface area (Å²) in [4.78, 5) is 28.8. The molecule has 2 N–H and O–H groups in total. The first kappa shape index (κ1) is 22.4. The second-order valence-electron chi connectivity index (χ2n) is 6.97. The van der Waals surface area contributed by atoms with E-state index < -0.39 is 0 Å². The van der Waals surface area contributed by atoms with Crippen molar-refractivity contribution in [3.63, 3.8) is 0 Å². The molecule has 1 heterocycles. The molecule has 0 unspecified atom stereocenters. The van der Waals surface area contributed by atoms with Crippen LogP contribution in [0.5, 0.6) is 0 Å². The monoisotopic (exact) mass is 443 g/mol. The van der Waals surface area contributed by atoms with Gasteiger partial charge in [0.25, 0.3) is 11.8 Å². The molecule has 7 heteroatoms. The van der Waals surface area contributed by atoms with Crippen LogP contribution < -0.4 is 10.6 Å². The van der Waals surface area contributed by atoms with E-state index in [1.165, 1.54) is 11.8 Å². The van der Waals surface area contributed by atoms with E-state index in [1.54, 1.807) is 18.2 Å². The van der Waals surface area contributed by atoms with Gasteiger partial charge in [0.15, 0.2) is 0 Å². The van der Waals surface area contributed by atoms with Gasteiger partial charge in [-0.3, -0.25) is 9.59 Å². The normalized spacial score (nSPS) is 14.5. The summed E-state index contributed by atoms with van der Waals surface area (Å²) in [6, 6.07) is 12.7. The smallest absolute Gasteiger partial charge is 0.262 e. The predicted octanol–water partition coefficient (Wildman–Crippen LogP) is 4.89. The first-order valence-corrected chi connectivity index (χ1v) is 11.3. The molecule has 2 aromatic rings. The average molecular weight is 444 g/mol. The zero-order chi connectivity index (χ0) is 21.5. The van der Waals surface area contributed by atoms with Gasteiger partial charge in [-0.2, -0.15) is 0 Å². The van der Waals surface area contributed by atoms with E-state index in [1.807, 2.05) is 30.3 Å². The van der Waals surface area contributed by atoms with Gasteiger partial charge in [0.1, 0.15) is 0 Å². The maximum absolute atomic E-state index is 12.5. The molecule has 2 aromatic carbocycles. The summed E-state index contributed by atoms with van der Waals surface area (Å²) >= 11 is 7.41. The van der Waals surface area contributed by atoms with Crippen LogP contribution in [0.3, 0.4) is 0 Å². The van der Waals surface area contributed by atoms with Crippen molar-refractivity contribution in [2.45, 2.75) is 25.2 Å². The van der Waals surface area contributed by atoms with Gasteiger partial charge < -0.3 is 15.5 Å². The minimum Gasteiger partial charge on any atom is -0.352 e. The molecule has 0 atom stereocenters. The zero-order valence-corrected chi connectivity index (χ0v) is 18.8. The van der Waals surface area contributed by atoms with Crippen molar-refractivity contribution >= 4 is 46.9 Å². The number of thioether (sulfide) groups is 1. The summed E-state index contributed by atoms with van der Waals surface area (Å²) in [5.41, 5.74) is 2.06. The second-order valence-corrected chi connectivity index (χ2v) is 8.49. The van der Waals surface area contributed by atoms with Gasteiger partial charge in [-0.15, -0.1) is 0 Å². The van der Waals surface area contributed by atoms with Crippen molar-refractivity contribution in [1.29, 1.82) is 0 Å². The van der Waals surface area contributed by atoms with Crippen LogP contribution in [0, 0.1) is 0 Å². The Kier molecular flexibility index (Phi) is 7.96. The Bertz CT molecular complexity index is 957. The summed E-state index contributed by atoms with van der Waals surface area (Å²) in [7, 11) is 0. The molecule has 0 spiro atoms. The molecule has 3 rings (SSSR count). The largest absolute Gasteiger partial charge is 0.352 e. The van der Waals surface area contributed by atoms with E-state index in [0.29, 0.717) is 27.7 Å². The molecule has 158 valence electrons. The van der Waals surface area contributed by atoms with Crippen LogP contribution in [-0.2, 0) is 4.79 Å². The molecule has 0 fully saturated rings. The Morgan fingerprint density at radius 2 is 2.00 bits per heavy atom. The average Bonchev–Trinajstić information content (AvgIpc) is 2.74. The summed E-state index contributed by atoms with van der Waals surface area (Å²) in [5.74, 6) is -0.318. The third-order valence-electron chi connectivity index (χ3n) is 4.91. The van der Waals surface area contributed by atoms with Crippen LogP contribution in [0.1, 0.15) is 36.2 Å². The molecular formula is C23H26ClN3O2S. The first-order chi connectivity index (χ1) is 14.5. The minimum absolute atomic E-state index is 0.128. The number of carbonyl (C=O) groups is 2. The number of fused-ring (bicyclic) bond motifs is 1. The lowest BCUT2D eigenvalue weighted by Crippen LogP contribution is -2.30. The molecule has 1 aliphatic heterocycles. The van der Waals surface area contributed by atoms with Gasteiger partial charge in [0, 0.05) is 22.0 Å². The van der Waals surface area contributed by atoms with E-state index in [0.717, 1.165) is 36.5 Å². The Balaban J connectivity index is 1.63. The molecule has 0 saturated carbocycles. The van der Waals surface area contributed by atoms with Crippen LogP contribution >= 0.6 is 23.4 Å². The lowest BCUT2D eigenvalue weighted by atomic mass is 10.1. The number of hydrogen-bond donors (Lipinski definition) is 2. The van der Waals surface area contributed by atoms with Gasteiger partial charge >= 0.3 is 0 Å². The molecule has 0 aliphatic carbocycles. The number of nitrogens with one attached hydrogen (secondary N) is 2. The topological polar surface area (TPSA) is 61.4 Å². The molecule has 0 radical (unpaired) electrons. The summed E-state index contributed by atoms with van der Waals surface area (Å²) in [6.07, 6.45) is 2.72. The Morgan fingerprint density at radius 1 is 1.20 bits per heavy atom. The molecule has 0 bridgehead atoms. The van der Waals surface area contributed by atoms with Crippen molar-refractivity contribution in [3.05, 3.63) is 63.5 Å². The van der Waals surface area contributed by atoms with E-state index in [2.05, 4.69) is 29.4 Å². The fraction of sp³-hybridized carbons (Fsp3) is 0.304. The highest BCUT2D eigenvalue weighted by Crippen LogP contribution is 2.39. The number of nitrogens with zero attached hydrogens (tertiary/aromatic N) is 1. The number of benzene rings is 2. The third kappa shape index (κ3) is 5.88. The van der Waals surface area contributed by atoms with Crippen molar-refractivity contribution in [2.75, 3.05) is 31.5 Å². The fourth-order valence-corrected chi connectivity index (χ4v) is 4.33. The highest BCUT2D eigenvalue weighted by atomic mass is 35.5. The number of amides is 2. The van der Waals surface area contributed by atoms with Crippen LogP contribution in [0.25, 0.3) is 6.08 Å². The quantitative estimate of drug-likeness (QED) is 0.450. The molecule has 5 nitrogen and oxygen atoms in total. The number of hydrogen-bond acceptors (Lipinski definition) is 4. The highest BCUT2D eigenvalue weighted by molar-refractivity contribution is 8.04. The molecule has 30 heavy (non-hydrogen) atoms. The van der Waals surface area contributed by atoms with E-state index in [-0.39, 0.29) is 11.8 Å². The highest BCUT2D eigenvalue weighted by Gasteiger charge is 2.22. The van der Waals surface area contributed by atoms with E-state index in [9.17, 15) is 9.59 Å². The number of rotatable bonds is 8. The Morgan fingerprint density at radius 3 is 2.73 bits per heavy atom. The van der Waals surface area contributed by atoms with Crippen molar-refractivity contribution in [3.8, 4) is 0 Å². The van der Waals surface area contributed by atoms with Crippen LogP contribution in [0.4, 0.5) is 5.69 Å². The molecular weight excluding hydrogens is 418 g/mol. The number of halogens is 1. The maximum Gasteiger partial charge on any atom is 0.262 e. The maximum atomic E-state index is 12.5. The summed E-state index contributed by atoms with van der Waals surface area (Å²) in [6.45, 7) is 7.89. The van der Waals surface area contributed by atoms with E-state index >= 15 is 0 Å². The molecule has 1 aliphatic rings. The number of carbonyl (C=O) groups excluding carboxylic acids is 2. The van der Waals surface area contributed by atoms with Gasteiger partial charge in [0.05, 0.1) is 10.6 Å². The Hall–Kier alpha value is -2.28. The second kappa shape index (κ2) is 10.7. The van der Waals surface area contributed by atoms with Crippen molar-refractivity contribution in [1.82, 2.24) is 10.2 Å². The van der Waals surface area contributed by atoms with Crippen LogP contribution in [-0.4, -0.2) is 42.9 Å².